The van der Waals surface area contributed by atoms with Crippen molar-refractivity contribution in [1.29, 1.82) is 0 Å². The molecule has 182 valence electrons. The Morgan fingerprint density at radius 1 is 1.18 bits per heavy atom. The lowest BCUT2D eigenvalue weighted by Gasteiger charge is -2.48. The Labute approximate surface area is 197 Å². The van der Waals surface area contributed by atoms with Gasteiger partial charge in [0.25, 0.3) is 5.91 Å². The third kappa shape index (κ3) is 3.51. The second kappa shape index (κ2) is 7.85. The number of carbonyl (C=O) groups excluding carboxylic acids is 1. The Morgan fingerprint density at radius 2 is 1.91 bits per heavy atom. The standard InChI is InChI=1S/C25H30F3N5O/c1-4-24(15-9-8-10-16(13-15)33-11-6-5-7-12-33)18-17(14-23(2,3)30-22(18)34)29-21-19(24)20(31-32-21)25(26,27)28/h8-10,13,21,29H,4-7,11-12,14H2,1-3H3,(H,30,34)/t21?,24-/m1/s1. The second-order valence-corrected chi connectivity index (χ2v) is 10.2. The van der Waals surface area contributed by atoms with Crippen molar-refractivity contribution in [1.82, 2.24) is 10.6 Å². The van der Waals surface area contributed by atoms with Crippen LogP contribution in [0.1, 0.15) is 58.4 Å². The van der Waals surface area contributed by atoms with Gasteiger partial charge in [-0.1, -0.05) is 19.1 Å². The molecule has 1 unspecified atom stereocenters. The van der Waals surface area contributed by atoms with Crippen LogP contribution < -0.4 is 15.5 Å². The van der Waals surface area contributed by atoms with Crippen LogP contribution in [0.4, 0.5) is 18.9 Å². The zero-order valence-corrected chi connectivity index (χ0v) is 19.7. The fourth-order valence-corrected chi connectivity index (χ4v) is 6.05. The zero-order chi connectivity index (χ0) is 24.3. The van der Waals surface area contributed by atoms with Crippen molar-refractivity contribution in [3.63, 3.8) is 0 Å². The van der Waals surface area contributed by atoms with Gasteiger partial charge in [0.2, 0.25) is 0 Å². The van der Waals surface area contributed by atoms with Crippen LogP contribution in [0.3, 0.4) is 0 Å². The Hall–Kier alpha value is -2.84. The van der Waals surface area contributed by atoms with Crippen LogP contribution in [0.15, 0.2) is 57.0 Å². The number of fused-ring (bicyclic) bond motifs is 1. The lowest BCUT2D eigenvalue weighted by atomic mass is 9.61. The maximum atomic E-state index is 14.2. The van der Waals surface area contributed by atoms with Crippen molar-refractivity contribution in [3.8, 4) is 0 Å². The minimum Gasteiger partial charge on any atom is -0.372 e. The lowest BCUT2D eigenvalue weighted by Crippen LogP contribution is -2.58. The first-order chi connectivity index (χ1) is 16.1. The third-order valence-electron chi connectivity index (χ3n) is 7.46. The van der Waals surface area contributed by atoms with E-state index in [0.717, 1.165) is 31.6 Å². The monoisotopic (exact) mass is 473 g/mol. The SMILES string of the molecule is CC[C@@]1(c2cccc(N3CCCCC3)c2)C2=C(CC(C)(C)NC2=O)NC2N=NC(C(F)(F)F)=C21. The summed E-state index contributed by atoms with van der Waals surface area (Å²) in [5, 5.41) is 13.7. The average Bonchev–Trinajstić information content (AvgIpc) is 3.22. The highest BCUT2D eigenvalue weighted by Crippen LogP contribution is 2.55. The molecule has 0 spiro atoms. The molecule has 4 aliphatic rings. The van der Waals surface area contributed by atoms with Gasteiger partial charge in [0, 0.05) is 42.0 Å². The van der Waals surface area contributed by atoms with Crippen LogP contribution in [0.5, 0.6) is 0 Å². The zero-order valence-electron chi connectivity index (χ0n) is 19.7. The third-order valence-corrected chi connectivity index (χ3v) is 7.46. The molecule has 0 radical (unpaired) electrons. The van der Waals surface area contributed by atoms with E-state index in [-0.39, 0.29) is 17.9 Å². The molecule has 0 aliphatic carbocycles. The van der Waals surface area contributed by atoms with E-state index < -0.39 is 29.0 Å². The summed E-state index contributed by atoms with van der Waals surface area (Å²) in [5.41, 5.74) is -0.143. The summed E-state index contributed by atoms with van der Waals surface area (Å²) in [6.07, 6.45) is -1.52. The molecule has 9 heteroatoms. The number of anilines is 1. The lowest BCUT2D eigenvalue weighted by molar-refractivity contribution is -0.120. The molecular weight excluding hydrogens is 443 g/mol. The van der Waals surface area contributed by atoms with Gasteiger partial charge in [0.15, 0.2) is 11.9 Å². The molecule has 2 atom stereocenters. The van der Waals surface area contributed by atoms with Gasteiger partial charge < -0.3 is 15.5 Å². The molecule has 0 aromatic heterocycles. The Bertz CT molecular complexity index is 1110. The minimum absolute atomic E-state index is 0.0203. The number of carbonyl (C=O) groups is 1. The van der Waals surface area contributed by atoms with E-state index >= 15 is 0 Å². The highest BCUT2D eigenvalue weighted by atomic mass is 19.4. The van der Waals surface area contributed by atoms with Crippen LogP contribution in [-0.2, 0) is 10.2 Å². The van der Waals surface area contributed by atoms with Crippen molar-refractivity contribution < 1.29 is 18.0 Å². The molecule has 1 amide bonds. The number of amides is 1. The molecule has 1 fully saturated rings. The predicted octanol–water partition coefficient (Wildman–Crippen LogP) is 5.09. The number of halogens is 3. The molecular formula is C25H30F3N5O. The molecule has 34 heavy (non-hydrogen) atoms. The smallest absolute Gasteiger partial charge is 0.372 e. The van der Waals surface area contributed by atoms with E-state index in [0.29, 0.717) is 23.3 Å². The molecule has 1 aromatic carbocycles. The van der Waals surface area contributed by atoms with Crippen molar-refractivity contribution >= 4 is 11.6 Å². The van der Waals surface area contributed by atoms with Crippen LogP contribution in [0.25, 0.3) is 0 Å². The first kappa shape index (κ1) is 22.9. The summed E-state index contributed by atoms with van der Waals surface area (Å²) < 4.78 is 42.5. The highest BCUT2D eigenvalue weighted by molar-refractivity contribution is 6.00. The Morgan fingerprint density at radius 3 is 2.59 bits per heavy atom. The number of nitrogens with one attached hydrogen (secondary N) is 2. The number of benzene rings is 1. The van der Waals surface area contributed by atoms with Gasteiger partial charge in [0.05, 0.1) is 11.0 Å². The highest BCUT2D eigenvalue weighted by Gasteiger charge is 2.57. The van der Waals surface area contributed by atoms with Crippen LogP contribution >= 0.6 is 0 Å². The van der Waals surface area contributed by atoms with Crippen molar-refractivity contribution in [2.75, 3.05) is 18.0 Å². The summed E-state index contributed by atoms with van der Waals surface area (Å²) in [6.45, 7) is 7.48. The molecule has 0 saturated carbocycles. The summed E-state index contributed by atoms with van der Waals surface area (Å²) in [6, 6.07) is 7.69. The largest absolute Gasteiger partial charge is 0.435 e. The minimum atomic E-state index is -4.68. The van der Waals surface area contributed by atoms with E-state index in [1.807, 2.05) is 45.0 Å². The van der Waals surface area contributed by atoms with Crippen molar-refractivity contribution in [3.05, 3.63) is 52.4 Å². The average molecular weight is 474 g/mol. The number of alkyl halides is 3. The van der Waals surface area contributed by atoms with E-state index in [2.05, 4.69) is 25.8 Å². The maximum absolute atomic E-state index is 14.2. The fraction of sp³-hybridized carbons (Fsp3) is 0.560. The number of hydrogen-bond donors (Lipinski definition) is 2. The van der Waals surface area contributed by atoms with Gasteiger partial charge in [-0.2, -0.15) is 18.3 Å². The van der Waals surface area contributed by atoms with Crippen molar-refractivity contribution in [2.24, 2.45) is 10.2 Å². The van der Waals surface area contributed by atoms with E-state index in [4.69, 9.17) is 0 Å². The van der Waals surface area contributed by atoms with E-state index in [1.54, 1.807) is 0 Å². The molecule has 1 aromatic rings. The molecule has 2 N–H and O–H groups in total. The molecule has 5 rings (SSSR count). The van der Waals surface area contributed by atoms with Crippen molar-refractivity contribution in [2.45, 2.75) is 76.2 Å². The first-order valence-electron chi connectivity index (χ1n) is 12.0. The van der Waals surface area contributed by atoms with Crippen LogP contribution in [-0.4, -0.2) is 36.9 Å². The van der Waals surface area contributed by atoms with Gasteiger partial charge >= 0.3 is 6.18 Å². The predicted molar refractivity (Wildman–Crippen MR) is 123 cm³/mol. The molecule has 4 aliphatic heterocycles. The Kier molecular flexibility index (Phi) is 5.29. The van der Waals surface area contributed by atoms with Gasteiger partial charge in [-0.05, 0) is 57.2 Å². The maximum Gasteiger partial charge on any atom is 0.435 e. The van der Waals surface area contributed by atoms with Gasteiger partial charge in [0.1, 0.15) is 0 Å². The normalized spacial score (nSPS) is 28.5. The number of azo groups is 1. The summed E-state index contributed by atoms with van der Waals surface area (Å²) >= 11 is 0. The fourth-order valence-electron chi connectivity index (χ4n) is 6.05. The van der Waals surface area contributed by atoms with Crippen LogP contribution in [0, 0.1) is 0 Å². The first-order valence-corrected chi connectivity index (χ1v) is 12.0. The summed E-state index contributed by atoms with van der Waals surface area (Å²) in [7, 11) is 0. The summed E-state index contributed by atoms with van der Waals surface area (Å²) in [4.78, 5) is 15.8. The second-order valence-electron chi connectivity index (χ2n) is 10.2. The van der Waals surface area contributed by atoms with Gasteiger partial charge in [-0.3, -0.25) is 4.79 Å². The Balaban J connectivity index is 1.77. The topological polar surface area (TPSA) is 69.1 Å². The number of allylic oxidation sites excluding steroid dienone is 1. The van der Waals surface area contributed by atoms with Gasteiger partial charge in [-0.15, -0.1) is 5.11 Å². The quantitative estimate of drug-likeness (QED) is 0.643. The number of nitrogens with zero attached hydrogens (tertiary/aromatic N) is 3. The number of piperidine rings is 1. The van der Waals surface area contributed by atoms with E-state index in [1.165, 1.54) is 6.42 Å². The summed E-state index contributed by atoms with van der Waals surface area (Å²) in [5.74, 6) is -0.344. The van der Waals surface area contributed by atoms with Gasteiger partial charge in [-0.25, -0.2) is 0 Å². The van der Waals surface area contributed by atoms with Crippen LogP contribution in [0.2, 0.25) is 0 Å². The molecule has 1 saturated heterocycles. The number of rotatable bonds is 3. The molecule has 4 heterocycles. The molecule has 0 bridgehead atoms. The number of hydrogen-bond acceptors (Lipinski definition) is 5. The molecule has 6 nitrogen and oxygen atoms in total. The van der Waals surface area contributed by atoms with E-state index in [9.17, 15) is 18.0 Å².